The summed E-state index contributed by atoms with van der Waals surface area (Å²) in [5.41, 5.74) is 0.616. The molecule has 1 aliphatic carbocycles. The smallest absolute Gasteiger partial charge is 0.326 e. The number of benzene rings is 1. The molecule has 5 heteroatoms. The van der Waals surface area contributed by atoms with E-state index in [9.17, 15) is 4.79 Å². The normalized spacial score (nSPS) is 16.9. The molecule has 0 saturated heterocycles. The van der Waals surface area contributed by atoms with Crippen LogP contribution in [0.1, 0.15) is 12.8 Å². The Bertz CT molecular complexity index is 418. The Morgan fingerprint density at radius 2 is 2.12 bits per heavy atom. The van der Waals surface area contributed by atoms with E-state index in [-0.39, 0.29) is 5.92 Å². The second kappa shape index (κ2) is 4.52. The third-order valence-electron chi connectivity index (χ3n) is 2.60. The van der Waals surface area contributed by atoms with Gasteiger partial charge in [-0.2, -0.15) is 0 Å². The van der Waals surface area contributed by atoms with Gasteiger partial charge in [-0.1, -0.05) is 23.2 Å². The Morgan fingerprint density at radius 1 is 1.44 bits per heavy atom. The molecule has 86 valence electrons. The first-order chi connectivity index (χ1) is 7.58. The van der Waals surface area contributed by atoms with E-state index in [4.69, 9.17) is 28.3 Å². The lowest BCUT2D eigenvalue weighted by Gasteiger charge is -2.16. The Hall–Kier alpha value is -0.930. The summed E-state index contributed by atoms with van der Waals surface area (Å²) in [5.74, 6) is -0.627. The summed E-state index contributed by atoms with van der Waals surface area (Å²) in [6, 6.07) is 4.42. The zero-order valence-corrected chi connectivity index (χ0v) is 9.92. The standard InChI is InChI=1S/C11H11Cl2NO2/c12-7-3-4-9(8(13)5-7)14-10(11(15)16)6-1-2-6/h3-6,10,14H,1-2H2,(H,15,16). The molecule has 1 aromatic carbocycles. The molecule has 0 heterocycles. The third kappa shape index (κ3) is 2.60. The topological polar surface area (TPSA) is 49.3 Å². The van der Waals surface area contributed by atoms with E-state index in [1.165, 1.54) is 0 Å². The van der Waals surface area contributed by atoms with Gasteiger partial charge >= 0.3 is 5.97 Å². The first-order valence-corrected chi connectivity index (χ1v) is 5.78. The molecule has 3 nitrogen and oxygen atoms in total. The third-order valence-corrected chi connectivity index (χ3v) is 3.15. The fraction of sp³-hybridized carbons (Fsp3) is 0.364. The quantitative estimate of drug-likeness (QED) is 0.873. The lowest BCUT2D eigenvalue weighted by Crippen LogP contribution is -2.31. The number of hydrogen-bond donors (Lipinski definition) is 2. The van der Waals surface area contributed by atoms with Gasteiger partial charge in [-0.15, -0.1) is 0 Å². The van der Waals surface area contributed by atoms with Crippen LogP contribution in [0.2, 0.25) is 10.0 Å². The van der Waals surface area contributed by atoms with Crippen molar-refractivity contribution in [1.29, 1.82) is 0 Å². The first-order valence-electron chi connectivity index (χ1n) is 5.02. The van der Waals surface area contributed by atoms with Crippen LogP contribution in [-0.2, 0) is 4.79 Å². The number of aliphatic carboxylic acids is 1. The van der Waals surface area contributed by atoms with Gasteiger partial charge in [0, 0.05) is 5.02 Å². The van der Waals surface area contributed by atoms with Gasteiger partial charge in [0.2, 0.25) is 0 Å². The second-order valence-corrected chi connectivity index (χ2v) is 4.77. The lowest BCUT2D eigenvalue weighted by atomic mass is 10.1. The number of halogens is 2. The molecule has 0 amide bonds. The molecule has 2 N–H and O–H groups in total. The number of carbonyl (C=O) groups is 1. The average Bonchev–Trinajstić information content (AvgIpc) is 2.99. The molecule has 0 aromatic heterocycles. The van der Waals surface area contributed by atoms with Crippen LogP contribution in [0.25, 0.3) is 0 Å². The maximum atomic E-state index is 11.0. The highest BCUT2D eigenvalue weighted by Crippen LogP contribution is 2.36. The van der Waals surface area contributed by atoms with Crippen molar-refractivity contribution in [1.82, 2.24) is 0 Å². The fourth-order valence-corrected chi connectivity index (χ4v) is 2.05. The van der Waals surface area contributed by atoms with E-state index < -0.39 is 12.0 Å². The highest BCUT2D eigenvalue weighted by atomic mass is 35.5. The van der Waals surface area contributed by atoms with Crippen molar-refractivity contribution in [2.24, 2.45) is 5.92 Å². The minimum Gasteiger partial charge on any atom is -0.480 e. The Kier molecular flexibility index (Phi) is 3.26. The van der Waals surface area contributed by atoms with Gasteiger partial charge in [0.05, 0.1) is 10.7 Å². The van der Waals surface area contributed by atoms with Crippen LogP contribution in [0.4, 0.5) is 5.69 Å². The Balaban J connectivity index is 2.15. The molecule has 1 saturated carbocycles. The number of carboxylic acids is 1. The van der Waals surface area contributed by atoms with E-state index in [2.05, 4.69) is 5.32 Å². The molecular weight excluding hydrogens is 249 g/mol. The Labute approximate surface area is 103 Å². The molecule has 1 aromatic rings. The second-order valence-electron chi connectivity index (χ2n) is 3.92. The zero-order chi connectivity index (χ0) is 11.7. The Morgan fingerprint density at radius 3 is 2.62 bits per heavy atom. The number of nitrogens with one attached hydrogen (secondary N) is 1. The van der Waals surface area contributed by atoms with Gasteiger partial charge in [0.15, 0.2) is 0 Å². The van der Waals surface area contributed by atoms with Crippen molar-refractivity contribution in [2.75, 3.05) is 5.32 Å². The predicted molar refractivity (Wildman–Crippen MR) is 64.2 cm³/mol. The van der Waals surface area contributed by atoms with Crippen LogP contribution < -0.4 is 5.32 Å². The molecule has 0 bridgehead atoms. The molecule has 1 fully saturated rings. The van der Waals surface area contributed by atoms with Gasteiger partial charge in [-0.05, 0) is 37.0 Å². The predicted octanol–water partition coefficient (Wildman–Crippen LogP) is 3.27. The minimum absolute atomic E-state index is 0.212. The highest BCUT2D eigenvalue weighted by Gasteiger charge is 2.36. The number of rotatable bonds is 4. The van der Waals surface area contributed by atoms with E-state index in [1.54, 1.807) is 18.2 Å². The molecule has 16 heavy (non-hydrogen) atoms. The summed E-state index contributed by atoms with van der Waals surface area (Å²) >= 11 is 11.7. The summed E-state index contributed by atoms with van der Waals surface area (Å²) in [5, 5.41) is 13.0. The molecule has 0 spiro atoms. The SMILES string of the molecule is O=C(O)C(Nc1ccc(Cl)cc1Cl)C1CC1. The van der Waals surface area contributed by atoms with Crippen molar-refractivity contribution in [3.63, 3.8) is 0 Å². The fourth-order valence-electron chi connectivity index (χ4n) is 1.58. The van der Waals surface area contributed by atoms with Crippen LogP contribution in [0.15, 0.2) is 18.2 Å². The average molecular weight is 260 g/mol. The molecule has 0 radical (unpaired) electrons. The summed E-state index contributed by atoms with van der Waals surface area (Å²) in [6.07, 6.45) is 1.91. The van der Waals surface area contributed by atoms with Gasteiger partial charge in [-0.25, -0.2) is 4.79 Å². The minimum atomic E-state index is -0.839. The number of anilines is 1. The van der Waals surface area contributed by atoms with E-state index in [0.717, 1.165) is 12.8 Å². The largest absolute Gasteiger partial charge is 0.480 e. The summed E-state index contributed by atoms with van der Waals surface area (Å²) < 4.78 is 0. The molecule has 1 unspecified atom stereocenters. The maximum Gasteiger partial charge on any atom is 0.326 e. The summed E-state index contributed by atoms with van der Waals surface area (Å²) in [7, 11) is 0. The van der Waals surface area contributed by atoms with Crippen LogP contribution in [0.3, 0.4) is 0 Å². The first kappa shape index (κ1) is 11.6. The van der Waals surface area contributed by atoms with Gasteiger partial charge < -0.3 is 10.4 Å². The molecular formula is C11H11Cl2NO2. The molecule has 2 rings (SSSR count). The zero-order valence-electron chi connectivity index (χ0n) is 8.41. The highest BCUT2D eigenvalue weighted by molar-refractivity contribution is 6.36. The molecule has 1 aliphatic rings. The molecule has 1 atom stereocenters. The van der Waals surface area contributed by atoms with Crippen molar-refractivity contribution in [3.05, 3.63) is 28.2 Å². The van der Waals surface area contributed by atoms with Crippen LogP contribution in [0.5, 0.6) is 0 Å². The number of hydrogen-bond acceptors (Lipinski definition) is 2. The lowest BCUT2D eigenvalue weighted by molar-refractivity contribution is -0.138. The van der Waals surface area contributed by atoms with Gasteiger partial charge in [-0.3, -0.25) is 0 Å². The van der Waals surface area contributed by atoms with Crippen LogP contribution in [-0.4, -0.2) is 17.1 Å². The van der Waals surface area contributed by atoms with E-state index in [1.807, 2.05) is 0 Å². The summed E-state index contributed by atoms with van der Waals surface area (Å²) in [4.78, 5) is 11.0. The van der Waals surface area contributed by atoms with Crippen LogP contribution in [0, 0.1) is 5.92 Å². The van der Waals surface area contributed by atoms with Gasteiger partial charge in [0.25, 0.3) is 0 Å². The van der Waals surface area contributed by atoms with Crippen molar-refractivity contribution < 1.29 is 9.90 Å². The number of carboxylic acid groups (broad SMARTS) is 1. The van der Waals surface area contributed by atoms with E-state index >= 15 is 0 Å². The molecule has 0 aliphatic heterocycles. The summed E-state index contributed by atoms with van der Waals surface area (Å²) in [6.45, 7) is 0. The van der Waals surface area contributed by atoms with Gasteiger partial charge in [0.1, 0.15) is 6.04 Å². The monoisotopic (exact) mass is 259 g/mol. The van der Waals surface area contributed by atoms with Crippen molar-refractivity contribution in [3.8, 4) is 0 Å². The maximum absolute atomic E-state index is 11.0. The van der Waals surface area contributed by atoms with E-state index in [0.29, 0.717) is 15.7 Å². The van der Waals surface area contributed by atoms with Crippen LogP contribution >= 0.6 is 23.2 Å². The van der Waals surface area contributed by atoms with Crippen molar-refractivity contribution >= 4 is 34.9 Å². The van der Waals surface area contributed by atoms with Crippen molar-refractivity contribution in [2.45, 2.75) is 18.9 Å².